The molecule has 6 nitrogen and oxygen atoms in total. The molecule has 1 aromatic carbocycles. The second-order valence-electron chi connectivity index (χ2n) is 6.53. The molecule has 0 aliphatic rings. The molecule has 0 unspecified atom stereocenters. The van der Waals surface area contributed by atoms with E-state index in [1.807, 2.05) is 20.8 Å². The van der Waals surface area contributed by atoms with Crippen LogP contribution in [-0.2, 0) is 11.2 Å². The van der Waals surface area contributed by atoms with Crippen LogP contribution in [-0.4, -0.2) is 32.3 Å². The Morgan fingerprint density at radius 1 is 1.36 bits per heavy atom. The third kappa shape index (κ3) is 5.60. The molecule has 0 aliphatic heterocycles. The van der Waals surface area contributed by atoms with Crippen LogP contribution in [0.25, 0.3) is 0 Å². The minimum Gasteiger partial charge on any atom is -0.493 e. The Hall–Kier alpha value is -2.35. The lowest BCUT2D eigenvalue weighted by atomic mass is 10.1. The fourth-order valence-corrected chi connectivity index (χ4v) is 2.77. The zero-order valence-corrected chi connectivity index (χ0v) is 15.0. The maximum Gasteiger partial charge on any atom is 0.258 e. The molecule has 134 valence electrons. The number of rotatable bonds is 5. The zero-order chi connectivity index (χ0) is 18.6. The van der Waals surface area contributed by atoms with Crippen molar-refractivity contribution in [1.29, 1.82) is 0 Å². The normalized spacial score (nSPS) is 11.4. The van der Waals surface area contributed by atoms with Crippen molar-refractivity contribution in [3.05, 3.63) is 51.6 Å². The van der Waals surface area contributed by atoms with E-state index in [0.717, 1.165) is 11.8 Å². The van der Waals surface area contributed by atoms with Gasteiger partial charge in [-0.15, -0.1) is 0 Å². The number of nitrogens with one attached hydrogen (secondary N) is 2. The van der Waals surface area contributed by atoms with E-state index in [1.54, 1.807) is 12.1 Å². The predicted molar refractivity (Wildman–Crippen MR) is 94.3 cm³/mol. The molecule has 1 heterocycles. The summed E-state index contributed by atoms with van der Waals surface area (Å²) in [5.41, 5.74) is -0.650. The van der Waals surface area contributed by atoms with E-state index in [4.69, 9.17) is 0 Å². The van der Waals surface area contributed by atoms with E-state index >= 15 is 0 Å². The van der Waals surface area contributed by atoms with Crippen LogP contribution < -0.4 is 10.9 Å². The number of aromatic hydroxyl groups is 1. The summed E-state index contributed by atoms with van der Waals surface area (Å²) in [5, 5.41) is 12.9. The summed E-state index contributed by atoms with van der Waals surface area (Å²) in [7, 11) is 0. The molecule has 3 N–H and O–H groups in total. The van der Waals surface area contributed by atoms with Gasteiger partial charge in [0.1, 0.15) is 5.82 Å². The van der Waals surface area contributed by atoms with Gasteiger partial charge < -0.3 is 15.4 Å². The molecule has 8 heteroatoms. The number of aromatic nitrogens is 2. The first-order valence-corrected chi connectivity index (χ1v) is 8.63. The van der Waals surface area contributed by atoms with Gasteiger partial charge in [0.25, 0.3) is 5.56 Å². The number of hydrogen-bond donors (Lipinski definition) is 3. The number of carbonyl (C=O) groups is 1. The first-order chi connectivity index (χ1) is 11.7. The topological polar surface area (TPSA) is 95.1 Å². The molecule has 0 saturated carbocycles. The van der Waals surface area contributed by atoms with Crippen LogP contribution >= 0.6 is 11.8 Å². The number of amides is 1. The van der Waals surface area contributed by atoms with Crippen molar-refractivity contribution in [1.82, 2.24) is 15.3 Å². The Morgan fingerprint density at radius 2 is 2.04 bits per heavy atom. The molecule has 1 amide bonds. The molecule has 0 radical (unpaired) electrons. The average molecular weight is 365 g/mol. The highest BCUT2D eigenvalue weighted by Crippen LogP contribution is 2.20. The van der Waals surface area contributed by atoms with E-state index in [-0.39, 0.29) is 39.9 Å². The highest BCUT2D eigenvalue weighted by Gasteiger charge is 2.16. The van der Waals surface area contributed by atoms with Crippen LogP contribution in [0.3, 0.4) is 0 Å². The molecular weight excluding hydrogens is 345 g/mol. The third-order valence-corrected chi connectivity index (χ3v) is 4.02. The van der Waals surface area contributed by atoms with Gasteiger partial charge in [-0.1, -0.05) is 30.0 Å². The number of nitrogens with zero attached hydrogens (tertiary/aromatic N) is 1. The zero-order valence-electron chi connectivity index (χ0n) is 14.2. The van der Waals surface area contributed by atoms with Gasteiger partial charge in [-0.3, -0.25) is 9.59 Å². The number of benzene rings is 1. The molecule has 0 bridgehead atoms. The number of halogens is 1. The summed E-state index contributed by atoms with van der Waals surface area (Å²) in [6, 6.07) is 6.01. The molecule has 0 aliphatic carbocycles. The standard InChI is InChI=1S/C17H20FN3O3S/c1-17(2,3)21-13(22)9-25-16-19-14(23)11(15(24)20-16)8-10-6-4-5-7-12(10)18/h4-7H,8-9H2,1-3H3,(H,21,22)(H2,19,20,23,24). The van der Waals surface area contributed by atoms with E-state index in [9.17, 15) is 19.1 Å². The summed E-state index contributed by atoms with van der Waals surface area (Å²) < 4.78 is 13.7. The first kappa shape index (κ1) is 19.0. The molecule has 2 rings (SSSR count). The van der Waals surface area contributed by atoms with Gasteiger partial charge in [0.05, 0.1) is 11.3 Å². The third-order valence-electron chi connectivity index (χ3n) is 3.15. The van der Waals surface area contributed by atoms with Crippen molar-refractivity contribution in [2.24, 2.45) is 0 Å². The molecule has 0 spiro atoms. The van der Waals surface area contributed by atoms with Crippen LogP contribution in [0.2, 0.25) is 0 Å². The lowest BCUT2D eigenvalue weighted by Gasteiger charge is -2.20. The number of carbonyl (C=O) groups excluding carboxylic acids is 1. The number of thioether (sulfide) groups is 1. The first-order valence-electron chi connectivity index (χ1n) is 7.65. The summed E-state index contributed by atoms with van der Waals surface area (Å²) in [6.45, 7) is 5.58. The van der Waals surface area contributed by atoms with E-state index in [0.29, 0.717) is 0 Å². The SMILES string of the molecule is CC(C)(C)NC(=O)CSc1nc(O)c(Cc2ccccc2F)c(=O)[nH]1. The number of aromatic amines is 1. The molecule has 0 saturated heterocycles. The van der Waals surface area contributed by atoms with Crippen molar-refractivity contribution in [3.63, 3.8) is 0 Å². The van der Waals surface area contributed by atoms with Gasteiger partial charge in [-0.25, -0.2) is 4.39 Å². The van der Waals surface area contributed by atoms with Crippen LogP contribution in [0.4, 0.5) is 4.39 Å². The number of H-pyrrole nitrogens is 1. The van der Waals surface area contributed by atoms with Crippen molar-refractivity contribution in [2.75, 3.05) is 5.75 Å². The monoisotopic (exact) mass is 365 g/mol. The highest BCUT2D eigenvalue weighted by molar-refractivity contribution is 7.99. The highest BCUT2D eigenvalue weighted by atomic mass is 32.2. The van der Waals surface area contributed by atoms with Gasteiger partial charge in [0, 0.05) is 12.0 Å². The molecule has 0 atom stereocenters. The largest absolute Gasteiger partial charge is 0.493 e. The smallest absolute Gasteiger partial charge is 0.258 e. The fourth-order valence-electron chi connectivity index (χ4n) is 2.11. The van der Waals surface area contributed by atoms with Gasteiger partial charge in [-0.05, 0) is 32.4 Å². The molecular formula is C17H20FN3O3S. The molecule has 0 fully saturated rings. The molecule has 2 aromatic rings. The quantitative estimate of drug-likeness (QED) is 0.558. The van der Waals surface area contributed by atoms with E-state index in [1.165, 1.54) is 12.1 Å². The minimum atomic E-state index is -0.561. The van der Waals surface area contributed by atoms with Crippen LogP contribution in [0.1, 0.15) is 31.9 Å². The van der Waals surface area contributed by atoms with Crippen molar-refractivity contribution in [2.45, 2.75) is 37.9 Å². The van der Waals surface area contributed by atoms with Crippen molar-refractivity contribution < 1.29 is 14.3 Å². The predicted octanol–water partition coefficient (Wildman–Crippen LogP) is 2.21. The Labute approximate surface area is 148 Å². The minimum absolute atomic E-state index is 0.0198. The van der Waals surface area contributed by atoms with E-state index < -0.39 is 17.3 Å². The van der Waals surface area contributed by atoms with Gasteiger partial charge in [0.15, 0.2) is 5.16 Å². The lowest BCUT2D eigenvalue weighted by Crippen LogP contribution is -2.41. The Bertz CT molecular complexity index is 831. The Morgan fingerprint density at radius 3 is 2.64 bits per heavy atom. The molecule has 25 heavy (non-hydrogen) atoms. The number of hydrogen-bond acceptors (Lipinski definition) is 5. The lowest BCUT2D eigenvalue weighted by molar-refractivity contribution is -0.119. The van der Waals surface area contributed by atoms with Crippen molar-refractivity contribution in [3.8, 4) is 5.88 Å². The summed E-state index contributed by atoms with van der Waals surface area (Å²) >= 11 is 1.00. The summed E-state index contributed by atoms with van der Waals surface area (Å²) in [5.74, 6) is -1.09. The second kappa shape index (κ2) is 7.69. The van der Waals surface area contributed by atoms with Gasteiger partial charge >= 0.3 is 0 Å². The summed E-state index contributed by atoms with van der Waals surface area (Å²) in [4.78, 5) is 30.3. The van der Waals surface area contributed by atoms with Gasteiger partial charge in [0.2, 0.25) is 11.8 Å². The Balaban J connectivity index is 2.11. The summed E-state index contributed by atoms with van der Waals surface area (Å²) in [6.07, 6.45) is -0.0731. The maximum atomic E-state index is 13.7. The van der Waals surface area contributed by atoms with Crippen molar-refractivity contribution >= 4 is 17.7 Å². The van der Waals surface area contributed by atoms with Crippen LogP contribution in [0, 0.1) is 5.82 Å². The second-order valence-corrected chi connectivity index (χ2v) is 7.49. The Kier molecular flexibility index (Phi) is 5.84. The fraction of sp³-hybridized carbons (Fsp3) is 0.353. The van der Waals surface area contributed by atoms with E-state index in [2.05, 4.69) is 15.3 Å². The van der Waals surface area contributed by atoms with Crippen LogP contribution in [0.15, 0.2) is 34.2 Å². The van der Waals surface area contributed by atoms with Crippen LogP contribution in [0.5, 0.6) is 5.88 Å². The average Bonchev–Trinajstić information content (AvgIpc) is 2.49. The maximum absolute atomic E-state index is 13.7. The molecule has 1 aromatic heterocycles. The van der Waals surface area contributed by atoms with Gasteiger partial charge in [-0.2, -0.15) is 4.98 Å².